The van der Waals surface area contributed by atoms with Crippen molar-refractivity contribution in [3.05, 3.63) is 89.5 Å². The maximum atomic E-state index is 13.9. The van der Waals surface area contributed by atoms with Crippen molar-refractivity contribution in [1.82, 2.24) is 10.6 Å². The number of primary amides is 1. The Kier molecular flexibility index (Phi) is 9.27. The van der Waals surface area contributed by atoms with Gasteiger partial charge < -0.3 is 31.1 Å². The van der Waals surface area contributed by atoms with Crippen molar-refractivity contribution < 1.29 is 29.0 Å². The van der Waals surface area contributed by atoms with Crippen LogP contribution >= 0.6 is 0 Å². The number of rotatable bonds is 8. The van der Waals surface area contributed by atoms with Gasteiger partial charge in [0.25, 0.3) is 0 Å². The third-order valence-electron chi connectivity index (χ3n) is 6.85. The van der Waals surface area contributed by atoms with E-state index in [1.165, 1.54) is 0 Å². The number of benzene rings is 3. The molecule has 42 heavy (non-hydrogen) atoms. The fourth-order valence-electron chi connectivity index (χ4n) is 4.85. The highest BCUT2D eigenvalue weighted by Gasteiger charge is 2.33. The standard InChI is InChI=1S/C32H36N4O6/c1-32(2,3)42-31(41)35-26(19-37)29(39)34-25-17-16-22-8-4-7-11-27(22)36(30(25)40)18-20-12-14-21(15-13-20)23-9-5-6-10-24(23)28(33)38/h4-15,25-26,37H,16-19H2,1-3H3,(H2,33,38)(H,34,39)(H,35,41)/t25?,26-/m1/s1. The molecule has 10 nitrogen and oxygen atoms in total. The number of anilines is 1. The molecule has 220 valence electrons. The summed E-state index contributed by atoms with van der Waals surface area (Å²) in [5.41, 5.74) is 9.26. The van der Waals surface area contributed by atoms with Crippen LogP contribution in [0.3, 0.4) is 0 Å². The number of nitrogens with two attached hydrogens (primary N) is 1. The molecule has 4 amide bonds. The highest BCUT2D eigenvalue weighted by Crippen LogP contribution is 2.30. The number of nitrogens with zero attached hydrogens (tertiary/aromatic N) is 1. The van der Waals surface area contributed by atoms with Crippen LogP contribution in [0.25, 0.3) is 11.1 Å². The summed E-state index contributed by atoms with van der Waals surface area (Å²) >= 11 is 0. The van der Waals surface area contributed by atoms with E-state index in [2.05, 4.69) is 10.6 Å². The molecule has 0 aromatic heterocycles. The van der Waals surface area contributed by atoms with E-state index < -0.39 is 42.2 Å². The number of hydrogen-bond donors (Lipinski definition) is 4. The number of alkyl carbamates (subject to hydrolysis) is 1. The first-order valence-corrected chi connectivity index (χ1v) is 13.7. The van der Waals surface area contributed by atoms with Gasteiger partial charge in [-0.15, -0.1) is 0 Å². The molecule has 5 N–H and O–H groups in total. The predicted molar refractivity (Wildman–Crippen MR) is 159 cm³/mol. The van der Waals surface area contributed by atoms with E-state index in [1.807, 2.05) is 60.7 Å². The molecule has 0 fully saturated rings. The molecule has 1 aliphatic rings. The van der Waals surface area contributed by atoms with Gasteiger partial charge in [-0.05, 0) is 68.0 Å². The van der Waals surface area contributed by atoms with E-state index in [0.29, 0.717) is 24.0 Å². The number of aliphatic hydroxyl groups excluding tert-OH is 1. The first kappa shape index (κ1) is 30.3. The number of fused-ring (bicyclic) bond motifs is 1. The lowest BCUT2D eigenvalue weighted by Gasteiger charge is -2.28. The molecule has 1 unspecified atom stereocenters. The van der Waals surface area contributed by atoms with Crippen LogP contribution in [0.2, 0.25) is 0 Å². The molecule has 0 radical (unpaired) electrons. The van der Waals surface area contributed by atoms with Crippen molar-refractivity contribution in [3.8, 4) is 11.1 Å². The second-order valence-electron chi connectivity index (χ2n) is 11.1. The van der Waals surface area contributed by atoms with Crippen molar-refractivity contribution >= 4 is 29.5 Å². The number of carbonyl (C=O) groups is 4. The van der Waals surface area contributed by atoms with E-state index in [4.69, 9.17) is 10.5 Å². The summed E-state index contributed by atoms with van der Waals surface area (Å²) < 4.78 is 5.19. The lowest BCUT2D eigenvalue weighted by atomic mass is 9.98. The van der Waals surface area contributed by atoms with Gasteiger partial charge >= 0.3 is 6.09 Å². The van der Waals surface area contributed by atoms with Gasteiger partial charge in [-0.3, -0.25) is 14.4 Å². The Bertz CT molecular complexity index is 1460. The van der Waals surface area contributed by atoms with Gasteiger partial charge in [0, 0.05) is 11.3 Å². The van der Waals surface area contributed by atoms with Crippen molar-refractivity contribution in [2.24, 2.45) is 5.73 Å². The van der Waals surface area contributed by atoms with Crippen LogP contribution in [0.15, 0.2) is 72.8 Å². The SMILES string of the molecule is CC(C)(C)OC(=O)N[C@H](CO)C(=O)NC1CCc2ccccc2N(Cc2ccc(-c3ccccc3C(N)=O)cc2)C1=O. The molecular formula is C32H36N4O6. The summed E-state index contributed by atoms with van der Waals surface area (Å²) in [6.45, 7) is 4.63. The molecule has 3 aromatic carbocycles. The van der Waals surface area contributed by atoms with Crippen molar-refractivity contribution in [3.63, 3.8) is 0 Å². The Morgan fingerprint density at radius 3 is 2.36 bits per heavy atom. The molecular weight excluding hydrogens is 536 g/mol. The minimum absolute atomic E-state index is 0.236. The molecule has 4 rings (SSSR count). The smallest absolute Gasteiger partial charge is 0.408 e. The van der Waals surface area contributed by atoms with Crippen LogP contribution in [0.5, 0.6) is 0 Å². The van der Waals surface area contributed by atoms with E-state index in [-0.39, 0.29) is 12.5 Å². The average Bonchev–Trinajstić information content (AvgIpc) is 3.07. The quantitative estimate of drug-likeness (QED) is 0.325. The maximum absolute atomic E-state index is 13.9. The number of aliphatic hydroxyl groups is 1. The molecule has 10 heteroatoms. The zero-order valence-corrected chi connectivity index (χ0v) is 23.9. The third-order valence-corrected chi connectivity index (χ3v) is 6.85. The van der Waals surface area contributed by atoms with E-state index in [0.717, 1.165) is 22.4 Å². The predicted octanol–water partition coefficient (Wildman–Crippen LogP) is 3.30. The Morgan fingerprint density at radius 1 is 1.02 bits per heavy atom. The summed E-state index contributed by atoms with van der Waals surface area (Å²) in [4.78, 5) is 52.6. The lowest BCUT2D eigenvalue weighted by molar-refractivity contribution is -0.129. The zero-order valence-electron chi connectivity index (χ0n) is 23.9. The van der Waals surface area contributed by atoms with Gasteiger partial charge in [0.1, 0.15) is 17.7 Å². The Morgan fingerprint density at radius 2 is 1.69 bits per heavy atom. The van der Waals surface area contributed by atoms with Crippen molar-refractivity contribution in [2.45, 2.75) is 57.8 Å². The number of hydrogen-bond acceptors (Lipinski definition) is 6. The van der Waals surface area contributed by atoms with Gasteiger partial charge in [0.15, 0.2) is 0 Å². The minimum Gasteiger partial charge on any atom is -0.444 e. The monoisotopic (exact) mass is 572 g/mol. The van der Waals surface area contributed by atoms with Crippen LogP contribution < -0.4 is 21.3 Å². The molecule has 0 bridgehead atoms. The van der Waals surface area contributed by atoms with E-state index in [9.17, 15) is 24.3 Å². The second kappa shape index (κ2) is 12.9. The Balaban J connectivity index is 1.54. The molecule has 0 aliphatic carbocycles. The Hall–Kier alpha value is -4.70. The summed E-state index contributed by atoms with van der Waals surface area (Å²) in [5, 5.41) is 14.9. The maximum Gasteiger partial charge on any atom is 0.408 e. The van der Waals surface area contributed by atoms with Crippen LogP contribution in [0.1, 0.15) is 48.7 Å². The highest BCUT2D eigenvalue weighted by atomic mass is 16.6. The normalized spacial score (nSPS) is 15.7. The van der Waals surface area contributed by atoms with Gasteiger partial charge in [0.2, 0.25) is 17.7 Å². The first-order chi connectivity index (χ1) is 20.0. The van der Waals surface area contributed by atoms with Gasteiger partial charge in [-0.2, -0.15) is 0 Å². The molecule has 3 aromatic rings. The van der Waals surface area contributed by atoms with Gasteiger partial charge in [-0.1, -0.05) is 60.7 Å². The van der Waals surface area contributed by atoms with E-state index in [1.54, 1.807) is 37.8 Å². The van der Waals surface area contributed by atoms with Crippen molar-refractivity contribution in [1.29, 1.82) is 0 Å². The number of aryl methyl sites for hydroxylation is 1. The highest BCUT2D eigenvalue weighted by molar-refractivity contribution is 6.01. The summed E-state index contributed by atoms with van der Waals surface area (Å²) in [6, 6.07) is 20.0. The molecule has 0 saturated heterocycles. The van der Waals surface area contributed by atoms with E-state index >= 15 is 0 Å². The van der Waals surface area contributed by atoms with Gasteiger partial charge in [0.05, 0.1) is 13.2 Å². The average molecular weight is 573 g/mol. The number of para-hydroxylation sites is 1. The first-order valence-electron chi connectivity index (χ1n) is 13.7. The summed E-state index contributed by atoms with van der Waals surface area (Å²) in [6.07, 6.45) is 0.0286. The second-order valence-corrected chi connectivity index (χ2v) is 11.1. The fourth-order valence-corrected chi connectivity index (χ4v) is 4.85. The van der Waals surface area contributed by atoms with Gasteiger partial charge in [-0.25, -0.2) is 4.79 Å². The molecule has 0 spiro atoms. The number of ether oxygens (including phenoxy) is 1. The Labute approximate surface area is 244 Å². The largest absolute Gasteiger partial charge is 0.444 e. The van der Waals surface area contributed by atoms with Crippen LogP contribution in [0.4, 0.5) is 10.5 Å². The lowest BCUT2D eigenvalue weighted by Crippen LogP contribution is -2.55. The summed E-state index contributed by atoms with van der Waals surface area (Å²) in [7, 11) is 0. The molecule has 2 atom stereocenters. The number of nitrogens with one attached hydrogen (secondary N) is 2. The zero-order chi connectivity index (χ0) is 30.4. The number of amides is 4. The third kappa shape index (κ3) is 7.32. The molecule has 1 aliphatic heterocycles. The van der Waals surface area contributed by atoms with Crippen LogP contribution in [-0.4, -0.2) is 53.2 Å². The minimum atomic E-state index is -1.29. The van der Waals surface area contributed by atoms with Crippen molar-refractivity contribution in [2.75, 3.05) is 11.5 Å². The topological polar surface area (TPSA) is 151 Å². The molecule has 1 heterocycles. The summed E-state index contributed by atoms with van der Waals surface area (Å²) in [5.74, 6) is -1.52. The number of carbonyl (C=O) groups excluding carboxylic acids is 4. The van der Waals surface area contributed by atoms with Crippen LogP contribution in [0, 0.1) is 0 Å². The molecule has 0 saturated carbocycles. The van der Waals surface area contributed by atoms with Crippen LogP contribution in [-0.2, 0) is 27.3 Å². The fraction of sp³-hybridized carbons (Fsp3) is 0.312.